The number of aryl methyl sites for hydroxylation is 1. The van der Waals surface area contributed by atoms with E-state index in [1.165, 1.54) is 0 Å². The van der Waals surface area contributed by atoms with Crippen LogP contribution in [0.1, 0.15) is 54.7 Å². The number of rotatable bonds is 5. The third-order valence-corrected chi connectivity index (χ3v) is 5.47. The number of nitrogens with zero attached hydrogens (tertiary/aromatic N) is 3. The van der Waals surface area contributed by atoms with Gasteiger partial charge in [-0.3, -0.25) is 10.1 Å². The van der Waals surface area contributed by atoms with E-state index < -0.39 is 23.6 Å². The number of hydrogen-bond acceptors (Lipinski definition) is 9. The van der Waals surface area contributed by atoms with Gasteiger partial charge in [0.25, 0.3) is 17.3 Å². The predicted octanol–water partition coefficient (Wildman–Crippen LogP) is 3.94. The number of carbonyl (C=O) groups excluding carboxylic acids is 1. The van der Waals surface area contributed by atoms with Crippen LogP contribution in [0.3, 0.4) is 0 Å². The number of fused-ring (bicyclic) bond motifs is 1. The summed E-state index contributed by atoms with van der Waals surface area (Å²) in [6, 6.07) is 9.31. The molecule has 172 valence electrons. The Morgan fingerprint density at radius 2 is 1.88 bits per heavy atom. The van der Waals surface area contributed by atoms with Gasteiger partial charge in [0.05, 0.1) is 0 Å². The van der Waals surface area contributed by atoms with Gasteiger partial charge in [0, 0.05) is 5.92 Å². The molecule has 1 aliphatic rings. The molecule has 1 aromatic carbocycles. The maximum absolute atomic E-state index is 12.4. The second-order valence-electron chi connectivity index (χ2n) is 7.84. The number of amides is 1. The number of carbonyl (C=O) groups is 2. The fourth-order valence-corrected chi connectivity index (χ4v) is 3.34. The molecule has 1 atom stereocenters. The smallest absolute Gasteiger partial charge is 0.412 e. The second-order valence-corrected chi connectivity index (χ2v) is 7.84. The largest absolute Gasteiger partial charge is 0.480 e. The highest BCUT2D eigenvalue weighted by Gasteiger charge is 2.56. The minimum atomic E-state index is -1.10. The molecule has 1 aliphatic carbocycles. The van der Waals surface area contributed by atoms with Crippen LogP contribution in [0.2, 0.25) is 0 Å². The van der Waals surface area contributed by atoms with E-state index in [-0.39, 0.29) is 34.7 Å². The van der Waals surface area contributed by atoms with Gasteiger partial charge in [0.1, 0.15) is 22.9 Å². The number of anilines is 1. The first kappa shape index (κ1) is 21.3. The van der Waals surface area contributed by atoms with Crippen LogP contribution in [0.4, 0.5) is 10.5 Å². The molecule has 4 aromatic rings. The van der Waals surface area contributed by atoms with Crippen molar-refractivity contribution >= 4 is 29.2 Å². The number of carboxylic acid groups (broad SMARTS) is 1. The van der Waals surface area contributed by atoms with Crippen molar-refractivity contribution in [1.29, 1.82) is 0 Å². The second kappa shape index (κ2) is 8.08. The quantitative estimate of drug-likeness (QED) is 0.417. The van der Waals surface area contributed by atoms with E-state index in [0.29, 0.717) is 18.5 Å². The van der Waals surface area contributed by atoms with Gasteiger partial charge in [0.2, 0.25) is 11.7 Å². The highest BCUT2D eigenvalue weighted by Crippen LogP contribution is 2.48. The van der Waals surface area contributed by atoms with Gasteiger partial charge in [0.15, 0.2) is 0 Å². The summed E-state index contributed by atoms with van der Waals surface area (Å²) < 4.78 is 21.5. The van der Waals surface area contributed by atoms with Crippen LogP contribution in [0.15, 0.2) is 43.7 Å². The van der Waals surface area contributed by atoms with Gasteiger partial charge in [-0.25, -0.2) is 4.79 Å². The molecule has 11 nitrogen and oxygen atoms in total. The Morgan fingerprint density at radius 1 is 1.15 bits per heavy atom. The van der Waals surface area contributed by atoms with E-state index in [0.717, 1.165) is 5.56 Å². The van der Waals surface area contributed by atoms with Gasteiger partial charge in [-0.15, -0.1) is 0 Å². The number of benzene rings is 1. The Hall–Kier alpha value is -4.59. The molecule has 0 bridgehead atoms. The number of aliphatic carboxylic acids is 1. The standard InChI is InChI=1S/C23H18N4O7/c1-12-17(25-22(30)31-13(2)14-6-4-3-5-7-14)15(34-27-12)8-9-16-24-18-19(32-16)26-20(33-18)23(10-11-23)21(28)29/h3-7,13H,10-11H2,1-2H3,(H,25,30)(H,28,29)/t13-/m1/s1. The average molecular weight is 462 g/mol. The van der Waals surface area contributed by atoms with Crippen LogP contribution in [0.25, 0.3) is 11.4 Å². The summed E-state index contributed by atoms with van der Waals surface area (Å²) in [6.45, 7) is 3.40. The molecule has 2 N–H and O–H groups in total. The monoisotopic (exact) mass is 462 g/mol. The fraction of sp³-hybridized carbons (Fsp3) is 0.261. The number of nitrogens with one attached hydrogen (secondary N) is 1. The summed E-state index contributed by atoms with van der Waals surface area (Å²) in [5.74, 6) is 4.49. The third-order valence-electron chi connectivity index (χ3n) is 5.47. The molecule has 0 unspecified atom stereocenters. The van der Waals surface area contributed by atoms with Gasteiger partial charge < -0.3 is 23.2 Å². The minimum Gasteiger partial charge on any atom is -0.480 e. The van der Waals surface area contributed by atoms with Crippen molar-refractivity contribution < 1.29 is 32.8 Å². The summed E-state index contributed by atoms with van der Waals surface area (Å²) in [4.78, 5) is 32.0. The zero-order chi connectivity index (χ0) is 23.9. The van der Waals surface area contributed by atoms with E-state index in [1.54, 1.807) is 13.8 Å². The van der Waals surface area contributed by atoms with Crippen LogP contribution >= 0.6 is 0 Å². The third kappa shape index (κ3) is 3.86. The maximum Gasteiger partial charge on any atom is 0.412 e. The zero-order valence-corrected chi connectivity index (χ0v) is 18.1. The topological polar surface area (TPSA) is 154 Å². The van der Waals surface area contributed by atoms with E-state index in [4.69, 9.17) is 18.1 Å². The highest BCUT2D eigenvalue weighted by molar-refractivity contribution is 5.87. The SMILES string of the molecule is Cc1noc(C#Cc2nc3oc(C4(C(=O)O)CC4)nc3o2)c1NC(=O)O[C@H](C)c1ccccc1. The predicted molar refractivity (Wildman–Crippen MR) is 115 cm³/mol. The average Bonchev–Trinajstić information content (AvgIpc) is 3.26. The zero-order valence-electron chi connectivity index (χ0n) is 18.1. The van der Waals surface area contributed by atoms with E-state index in [2.05, 4.69) is 32.3 Å². The number of oxazole rings is 2. The molecule has 0 saturated heterocycles. The molecular formula is C23H18N4O7. The lowest BCUT2D eigenvalue weighted by Crippen LogP contribution is -2.19. The summed E-state index contributed by atoms with van der Waals surface area (Å²) in [6.07, 6.45) is -0.258. The van der Waals surface area contributed by atoms with Crippen molar-refractivity contribution in [1.82, 2.24) is 15.1 Å². The number of carboxylic acids is 1. The van der Waals surface area contributed by atoms with E-state index in [9.17, 15) is 14.7 Å². The Balaban J connectivity index is 1.30. The number of hydrogen-bond donors (Lipinski definition) is 2. The Kier molecular flexibility index (Phi) is 5.05. The summed E-state index contributed by atoms with van der Waals surface area (Å²) in [5.41, 5.74) is 0.519. The molecule has 34 heavy (non-hydrogen) atoms. The maximum atomic E-state index is 12.4. The van der Waals surface area contributed by atoms with Crippen molar-refractivity contribution in [2.24, 2.45) is 0 Å². The highest BCUT2D eigenvalue weighted by atomic mass is 16.6. The lowest BCUT2D eigenvalue weighted by molar-refractivity contribution is -0.140. The molecule has 1 saturated carbocycles. The number of aromatic nitrogens is 3. The van der Waals surface area contributed by atoms with Crippen LogP contribution in [0, 0.1) is 18.8 Å². The van der Waals surface area contributed by atoms with Crippen molar-refractivity contribution in [2.75, 3.05) is 5.32 Å². The molecule has 3 heterocycles. The Bertz CT molecular complexity index is 1420. The van der Waals surface area contributed by atoms with Crippen LogP contribution in [-0.4, -0.2) is 32.3 Å². The molecule has 1 amide bonds. The molecule has 0 aliphatic heterocycles. The Labute approximate surface area is 192 Å². The van der Waals surface area contributed by atoms with Crippen molar-refractivity contribution in [3.05, 3.63) is 59.1 Å². The summed E-state index contributed by atoms with van der Waals surface area (Å²) in [7, 11) is 0. The number of ether oxygens (including phenoxy) is 1. The van der Waals surface area contributed by atoms with Crippen LogP contribution < -0.4 is 5.32 Å². The van der Waals surface area contributed by atoms with Gasteiger partial charge in [-0.2, -0.15) is 9.97 Å². The summed E-state index contributed by atoms with van der Waals surface area (Å²) >= 11 is 0. The Morgan fingerprint density at radius 3 is 2.56 bits per heavy atom. The van der Waals surface area contributed by atoms with Crippen LogP contribution in [0.5, 0.6) is 0 Å². The molecule has 3 aromatic heterocycles. The van der Waals surface area contributed by atoms with Crippen molar-refractivity contribution in [3.8, 4) is 11.8 Å². The van der Waals surface area contributed by atoms with E-state index >= 15 is 0 Å². The lowest BCUT2D eigenvalue weighted by atomic mass is 10.1. The van der Waals surface area contributed by atoms with Gasteiger partial charge in [-0.05, 0) is 38.2 Å². The molecule has 1 fully saturated rings. The molecule has 0 radical (unpaired) electrons. The van der Waals surface area contributed by atoms with Crippen LogP contribution in [-0.2, 0) is 14.9 Å². The van der Waals surface area contributed by atoms with Gasteiger partial charge >= 0.3 is 12.1 Å². The first-order chi connectivity index (χ1) is 16.4. The van der Waals surface area contributed by atoms with E-state index in [1.807, 2.05) is 30.3 Å². The van der Waals surface area contributed by atoms with Gasteiger partial charge in [-0.1, -0.05) is 35.5 Å². The van der Waals surface area contributed by atoms with Crippen molar-refractivity contribution in [2.45, 2.75) is 38.2 Å². The first-order valence-corrected chi connectivity index (χ1v) is 10.4. The fourth-order valence-electron chi connectivity index (χ4n) is 3.34. The molecule has 11 heteroatoms. The molecule has 5 rings (SSSR count). The summed E-state index contributed by atoms with van der Waals surface area (Å²) in [5, 5.41) is 15.8. The normalized spacial score (nSPS) is 14.8. The van der Waals surface area contributed by atoms with Crippen molar-refractivity contribution in [3.63, 3.8) is 0 Å². The first-order valence-electron chi connectivity index (χ1n) is 10.4. The molecular weight excluding hydrogens is 444 g/mol. The molecule has 0 spiro atoms. The lowest BCUT2D eigenvalue weighted by Gasteiger charge is -2.13. The minimum absolute atomic E-state index is 0.0201.